The molecule has 0 unspecified atom stereocenters. The molecule has 1 amide bonds. The number of rotatable bonds is 5. The van der Waals surface area contributed by atoms with Gasteiger partial charge in [0.2, 0.25) is 0 Å². The summed E-state index contributed by atoms with van der Waals surface area (Å²) in [5.41, 5.74) is 6.06. The Hall–Kier alpha value is -3.86. The number of hydrogen-bond acceptors (Lipinski definition) is 3. The van der Waals surface area contributed by atoms with Crippen LogP contribution in [0.4, 0.5) is 0 Å². The zero-order valence-corrected chi connectivity index (χ0v) is 19.7. The van der Waals surface area contributed by atoms with Gasteiger partial charge in [0, 0.05) is 17.7 Å². The highest BCUT2D eigenvalue weighted by atomic mass is 16.3. The molecule has 34 heavy (non-hydrogen) atoms. The van der Waals surface area contributed by atoms with Gasteiger partial charge in [0.05, 0.1) is 6.04 Å². The van der Waals surface area contributed by atoms with Gasteiger partial charge < -0.3 is 10.0 Å². The van der Waals surface area contributed by atoms with Crippen molar-refractivity contribution in [3.63, 3.8) is 0 Å². The average Bonchev–Trinajstić information content (AvgIpc) is 3.37. The molecule has 4 aromatic rings. The average molecular weight is 452 g/mol. The Labute approximate surface area is 200 Å². The third-order valence-electron chi connectivity index (χ3n) is 6.60. The van der Waals surface area contributed by atoms with Crippen LogP contribution in [0.25, 0.3) is 11.3 Å². The van der Waals surface area contributed by atoms with Crippen molar-refractivity contribution in [1.82, 2.24) is 15.1 Å². The van der Waals surface area contributed by atoms with E-state index in [1.54, 1.807) is 12.1 Å². The molecule has 1 aromatic heterocycles. The normalized spacial score (nSPS) is 15.6. The molecule has 2 heterocycles. The summed E-state index contributed by atoms with van der Waals surface area (Å²) >= 11 is 0. The number of benzene rings is 3. The predicted molar refractivity (Wildman–Crippen MR) is 134 cm³/mol. The molecule has 0 fully saturated rings. The lowest BCUT2D eigenvalue weighted by atomic mass is 9.85. The van der Waals surface area contributed by atoms with Crippen molar-refractivity contribution in [2.45, 2.75) is 38.6 Å². The Balaban J connectivity index is 1.59. The molecule has 0 spiro atoms. The second-order valence-corrected chi connectivity index (χ2v) is 9.89. The van der Waals surface area contributed by atoms with E-state index < -0.39 is 0 Å². The number of H-pyrrole nitrogens is 1. The van der Waals surface area contributed by atoms with E-state index in [2.05, 4.69) is 67.4 Å². The summed E-state index contributed by atoms with van der Waals surface area (Å²) in [6.45, 7) is 7.16. The largest absolute Gasteiger partial charge is 0.507 e. The Morgan fingerprint density at radius 1 is 0.941 bits per heavy atom. The Morgan fingerprint density at radius 2 is 1.62 bits per heavy atom. The first kappa shape index (κ1) is 22.0. The minimum absolute atomic E-state index is 0.0405. The van der Waals surface area contributed by atoms with Crippen LogP contribution in [0.2, 0.25) is 0 Å². The maximum Gasteiger partial charge on any atom is 0.273 e. The van der Waals surface area contributed by atoms with Gasteiger partial charge in [-0.05, 0) is 40.7 Å². The lowest BCUT2D eigenvalue weighted by Gasteiger charge is -2.27. The number of aromatic hydroxyl groups is 1. The van der Waals surface area contributed by atoms with Gasteiger partial charge in [-0.3, -0.25) is 9.89 Å². The minimum Gasteiger partial charge on any atom is -0.507 e. The molecular weight excluding hydrogens is 422 g/mol. The molecule has 0 aliphatic carbocycles. The highest BCUT2D eigenvalue weighted by molar-refractivity contribution is 6.00. The quantitative estimate of drug-likeness (QED) is 0.399. The number of aromatic nitrogens is 2. The van der Waals surface area contributed by atoms with E-state index in [1.807, 2.05) is 35.2 Å². The fourth-order valence-electron chi connectivity index (χ4n) is 4.71. The number of carbonyl (C=O) groups is 1. The molecule has 0 saturated carbocycles. The molecule has 0 saturated heterocycles. The van der Waals surface area contributed by atoms with Crippen molar-refractivity contribution < 1.29 is 9.90 Å². The first-order valence-corrected chi connectivity index (χ1v) is 11.7. The Kier molecular flexibility index (Phi) is 5.48. The molecule has 3 aromatic carbocycles. The number of aromatic amines is 1. The first-order chi connectivity index (χ1) is 16.3. The van der Waals surface area contributed by atoms with E-state index in [1.165, 1.54) is 11.1 Å². The number of nitrogens with zero attached hydrogens (tertiary/aromatic N) is 2. The van der Waals surface area contributed by atoms with Crippen molar-refractivity contribution in [3.8, 4) is 17.0 Å². The zero-order valence-electron chi connectivity index (χ0n) is 19.7. The molecular formula is C29H29N3O2. The van der Waals surface area contributed by atoms with E-state index in [4.69, 9.17) is 0 Å². The van der Waals surface area contributed by atoms with Gasteiger partial charge >= 0.3 is 0 Å². The summed E-state index contributed by atoms with van der Waals surface area (Å²) in [7, 11) is 0. The molecule has 1 atom stereocenters. The second-order valence-electron chi connectivity index (χ2n) is 9.89. The number of phenols is 1. The predicted octanol–water partition coefficient (Wildman–Crippen LogP) is 5.87. The summed E-state index contributed by atoms with van der Waals surface area (Å²) < 4.78 is 0. The fraction of sp³-hybridized carbons (Fsp3) is 0.241. The summed E-state index contributed by atoms with van der Waals surface area (Å²) in [4.78, 5) is 15.5. The molecule has 5 rings (SSSR count). The summed E-state index contributed by atoms with van der Waals surface area (Å²) in [5, 5.41) is 18.0. The van der Waals surface area contributed by atoms with Crippen molar-refractivity contribution in [2.75, 3.05) is 6.54 Å². The summed E-state index contributed by atoms with van der Waals surface area (Å²) in [5.74, 6) is 0.0822. The second kappa shape index (κ2) is 8.49. The third-order valence-corrected chi connectivity index (χ3v) is 6.60. The third kappa shape index (κ3) is 3.87. The van der Waals surface area contributed by atoms with Crippen molar-refractivity contribution >= 4 is 5.91 Å². The van der Waals surface area contributed by atoms with E-state index >= 15 is 0 Å². The Bertz CT molecular complexity index is 1320. The Morgan fingerprint density at radius 3 is 2.29 bits per heavy atom. The number of para-hydroxylation sites is 1. The summed E-state index contributed by atoms with van der Waals surface area (Å²) in [6, 6.07) is 25.6. The van der Waals surface area contributed by atoms with Gasteiger partial charge in [-0.25, -0.2) is 0 Å². The van der Waals surface area contributed by atoms with Gasteiger partial charge in [0.15, 0.2) is 0 Å². The van der Waals surface area contributed by atoms with Crippen LogP contribution < -0.4 is 0 Å². The minimum atomic E-state index is -0.284. The van der Waals surface area contributed by atoms with Gasteiger partial charge in [-0.15, -0.1) is 0 Å². The molecule has 5 heteroatoms. The van der Waals surface area contributed by atoms with Crippen LogP contribution in [0, 0.1) is 0 Å². The number of carbonyl (C=O) groups excluding carboxylic acids is 1. The smallest absolute Gasteiger partial charge is 0.273 e. The SMILES string of the molecule is CC(C)(C)c1ccc([C@@H]2c3c(-c4ccccc4O)n[nH]c3C(=O)N2CCc2ccccc2)cc1. The van der Waals surface area contributed by atoms with Crippen LogP contribution in [0.15, 0.2) is 78.9 Å². The number of fused-ring (bicyclic) bond motifs is 1. The van der Waals surface area contributed by atoms with Crippen LogP contribution in [-0.4, -0.2) is 32.7 Å². The molecule has 2 N–H and O–H groups in total. The first-order valence-electron chi connectivity index (χ1n) is 11.7. The maximum absolute atomic E-state index is 13.5. The van der Waals surface area contributed by atoms with Gasteiger partial charge in [-0.1, -0.05) is 87.5 Å². The van der Waals surface area contributed by atoms with Crippen LogP contribution in [0.3, 0.4) is 0 Å². The molecule has 5 nitrogen and oxygen atoms in total. The van der Waals surface area contributed by atoms with Crippen LogP contribution in [-0.2, 0) is 11.8 Å². The molecule has 0 radical (unpaired) electrons. The molecule has 1 aliphatic heterocycles. The van der Waals surface area contributed by atoms with Gasteiger partial charge in [0.1, 0.15) is 17.1 Å². The highest BCUT2D eigenvalue weighted by Crippen LogP contribution is 2.44. The number of nitrogens with one attached hydrogen (secondary N) is 1. The van der Waals surface area contributed by atoms with Crippen molar-refractivity contribution in [1.29, 1.82) is 0 Å². The highest BCUT2D eigenvalue weighted by Gasteiger charge is 2.42. The standard InChI is InChI=1S/C29H29N3O2/c1-29(2,3)21-15-13-20(14-16-21)27-24-25(22-11-7-8-12-23(22)33)30-31-26(24)28(34)32(27)18-17-19-9-5-4-6-10-19/h4-16,27,33H,17-18H2,1-3H3,(H,30,31)/t27-/m1/s1. The topological polar surface area (TPSA) is 69.2 Å². The van der Waals surface area contributed by atoms with Gasteiger partial charge in [0.25, 0.3) is 5.91 Å². The summed E-state index contributed by atoms with van der Waals surface area (Å²) in [6.07, 6.45) is 0.757. The number of phenolic OH excluding ortho intramolecular Hbond substituents is 1. The molecule has 172 valence electrons. The maximum atomic E-state index is 13.5. The lowest BCUT2D eigenvalue weighted by Crippen LogP contribution is -2.31. The van der Waals surface area contributed by atoms with E-state index in [-0.39, 0.29) is 23.1 Å². The van der Waals surface area contributed by atoms with Crippen LogP contribution in [0.1, 0.15) is 59.6 Å². The molecule has 1 aliphatic rings. The van der Waals surface area contributed by atoms with Gasteiger partial charge in [-0.2, -0.15) is 5.10 Å². The van der Waals surface area contributed by atoms with Crippen molar-refractivity contribution in [2.24, 2.45) is 0 Å². The zero-order chi connectivity index (χ0) is 23.9. The van der Waals surface area contributed by atoms with Crippen LogP contribution >= 0.6 is 0 Å². The van der Waals surface area contributed by atoms with E-state index in [0.29, 0.717) is 23.5 Å². The van der Waals surface area contributed by atoms with E-state index in [0.717, 1.165) is 17.5 Å². The lowest BCUT2D eigenvalue weighted by molar-refractivity contribution is 0.0746. The number of amides is 1. The molecule has 0 bridgehead atoms. The van der Waals surface area contributed by atoms with Crippen molar-refractivity contribution in [3.05, 3.63) is 107 Å². The fourth-order valence-corrected chi connectivity index (χ4v) is 4.71. The van der Waals surface area contributed by atoms with E-state index in [9.17, 15) is 9.90 Å². The monoisotopic (exact) mass is 451 g/mol. The van der Waals surface area contributed by atoms with Crippen LogP contribution in [0.5, 0.6) is 5.75 Å². The number of hydrogen-bond donors (Lipinski definition) is 2.